The van der Waals surface area contributed by atoms with E-state index in [2.05, 4.69) is 33.1 Å². The van der Waals surface area contributed by atoms with Crippen molar-refractivity contribution in [1.82, 2.24) is 10.2 Å². The highest BCUT2D eigenvalue weighted by Crippen LogP contribution is 2.32. The first-order chi connectivity index (χ1) is 10.1. The third kappa shape index (κ3) is 4.47. The van der Waals surface area contributed by atoms with Gasteiger partial charge in [0.2, 0.25) is 0 Å². The van der Waals surface area contributed by atoms with Crippen LogP contribution < -0.4 is 5.32 Å². The van der Waals surface area contributed by atoms with Gasteiger partial charge in [0.1, 0.15) is 11.6 Å². The number of halogens is 3. The molecule has 0 spiro atoms. The Kier molecular flexibility index (Phi) is 6.58. The maximum Gasteiger partial charge on any atom is 0.132 e. The molecule has 1 aromatic rings. The van der Waals surface area contributed by atoms with Gasteiger partial charge in [-0.2, -0.15) is 0 Å². The molecule has 1 saturated heterocycles. The quantitative estimate of drug-likeness (QED) is 0.762. The molecular weight excluding hydrogens is 338 g/mol. The van der Waals surface area contributed by atoms with Crippen LogP contribution in [0.3, 0.4) is 0 Å². The van der Waals surface area contributed by atoms with Gasteiger partial charge in [0.05, 0.1) is 0 Å². The molecular formula is C16H23BrF2N2. The Morgan fingerprint density at radius 2 is 1.81 bits per heavy atom. The molecule has 1 aliphatic rings. The Morgan fingerprint density at radius 3 is 2.38 bits per heavy atom. The van der Waals surface area contributed by atoms with Crippen LogP contribution in [0.5, 0.6) is 0 Å². The fourth-order valence-corrected chi connectivity index (χ4v) is 3.36. The Bertz CT molecular complexity index is 439. The molecule has 0 aliphatic carbocycles. The first-order valence-corrected chi connectivity index (χ1v) is 8.52. The normalized spacial score (nSPS) is 17.9. The smallest absolute Gasteiger partial charge is 0.132 e. The van der Waals surface area contributed by atoms with Gasteiger partial charge >= 0.3 is 0 Å². The fourth-order valence-electron chi connectivity index (χ4n) is 2.96. The molecule has 2 nitrogen and oxygen atoms in total. The fraction of sp³-hybridized carbons (Fsp3) is 0.625. The zero-order chi connectivity index (χ0) is 15.2. The lowest BCUT2D eigenvalue weighted by molar-refractivity contribution is 0.156. The Labute approximate surface area is 134 Å². The highest BCUT2D eigenvalue weighted by molar-refractivity contribution is 9.10. The predicted molar refractivity (Wildman–Crippen MR) is 85.4 cm³/mol. The van der Waals surface area contributed by atoms with Gasteiger partial charge in [-0.05, 0) is 18.6 Å². The summed E-state index contributed by atoms with van der Waals surface area (Å²) in [4.78, 5) is 2.21. The molecule has 0 unspecified atom stereocenters. The number of nitrogens with one attached hydrogen (secondary N) is 1. The van der Waals surface area contributed by atoms with E-state index in [0.29, 0.717) is 4.47 Å². The summed E-state index contributed by atoms with van der Waals surface area (Å²) in [5, 5.41) is 3.29. The summed E-state index contributed by atoms with van der Waals surface area (Å²) in [6.45, 7) is 5.58. The van der Waals surface area contributed by atoms with Crippen LogP contribution >= 0.6 is 15.9 Å². The van der Waals surface area contributed by atoms with Crippen molar-refractivity contribution >= 4 is 15.9 Å². The van der Waals surface area contributed by atoms with E-state index < -0.39 is 11.6 Å². The van der Waals surface area contributed by atoms with Gasteiger partial charge in [0.15, 0.2) is 0 Å². The number of hydrogen-bond acceptors (Lipinski definition) is 2. The van der Waals surface area contributed by atoms with Crippen molar-refractivity contribution < 1.29 is 8.78 Å². The SMILES string of the molecule is CCCCC[C@@H](c1c(F)cc(Br)cc1F)N1CCNCC1. The summed E-state index contributed by atoms with van der Waals surface area (Å²) in [7, 11) is 0. The Morgan fingerprint density at radius 1 is 1.19 bits per heavy atom. The van der Waals surface area contributed by atoms with Crippen molar-refractivity contribution in [1.29, 1.82) is 0 Å². The van der Waals surface area contributed by atoms with Gasteiger partial charge in [-0.1, -0.05) is 42.1 Å². The molecule has 5 heteroatoms. The van der Waals surface area contributed by atoms with Crippen molar-refractivity contribution in [3.8, 4) is 0 Å². The second-order valence-electron chi connectivity index (χ2n) is 5.58. The van der Waals surface area contributed by atoms with Crippen molar-refractivity contribution in [2.24, 2.45) is 0 Å². The third-order valence-electron chi connectivity index (χ3n) is 4.05. The van der Waals surface area contributed by atoms with E-state index in [9.17, 15) is 8.78 Å². The number of piperazine rings is 1. The van der Waals surface area contributed by atoms with Crippen molar-refractivity contribution in [3.05, 3.63) is 33.8 Å². The molecule has 1 aliphatic heterocycles. The number of rotatable bonds is 6. The molecule has 1 N–H and O–H groups in total. The van der Waals surface area contributed by atoms with E-state index in [-0.39, 0.29) is 11.6 Å². The lowest BCUT2D eigenvalue weighted by Crippen LogP contribution is -2.45. The molecule has 0 amide bonds. The lowest BCUT2D eigenvalue weighted by atomic mass is 9.97. The van der Waals surface area contributed by atoms with Gasteiger partial charge in [0, 0.05) is 42.3 Å². The summed E-state index contributed by atoms with van der Waals surface area (Å²) in [5.74, 6) is -0.885. The van der Waals surface area contributed by atoms with E-state index in [1.165, 1.54) is 12.1 Å². The van der Waals surface area contributed by atoms with Crippen LogP contribution in [0.2, 0.25) is 0 Å². The molecule has 1 atom stereocenters. The van der Waals surface area contributed by atoms with Crippen LogP contribution in [0, 0.1) is 11.6 Å². The predicted octanol–water partition coefficient (Wildman–Crippen LogP) is 4.25. The van der Waals surface area contributed by atoms with Gasteiger partial charge in [-0.25, -0.2) is 8.78 Å². The molecule has 21 heavy (non-hydrogen) atoms. The zero-order valence-electron chi connectivity index (χ0n) is 12.5. The summed E-state index contributed by atoms with van der Waals surface area (Å²) < 4.78 is 29.1. The molecule has 1 heterocycles. The second kappa shape index (κ2) is 8.20. The molecule has 0 bridgehead atoms. The maximum absolute atomic E-state index is 14.3. The molecule has 0 radical (unpaired) electrons. The van der Waals surface area contributed by atoms with Crippen LogP contribution in [0.15, 0.2) is 16.6 Å². The Balaban J connectivity index is 2.25. The van der Waals surface area contributed by atoms with Crippen LogP contribution in [0.4, 0.5) is 8.78 Å². The molecule has 0 saturated carbocycles. The molecule has 2 rings (SSSR count). The molecule has 0 aromatic heterocycles. The number of nitrogens with zero attached hydrogens (tertiary/aromatic N) is 1. The van der Waals surface area contributed by atoms with E-state index in [1.54, 1.807) is 0 Å². The van der Waals surface area contributed by atoms with Crippen LogP contribution in [0.1, 0.15) is 44.2 Å². The average molecular weight is 361 g/mol. The number of unbranched alkanes of at least 4 members (excludes halogenated alkanes) is 2. The minimum atomic E-state index is -0.443. The van der Waals surface area contributed by atoms with Crippen molar-refractivity contribution in [2.75, 3.05) is 26.2 Å². The van der Waals surface area contributed by atoms with E-state index in [4.69, 9.17) is 0 Å². The number of hydrogen-bond donors (Lipinski definition) is 1. The van der Waals surface area contributed by atoms with E-state index >= 15 is 0 Å². The minimum absolute atomic E-state index is 0.160. The second-order valence-corrected chi connectivity index (χ2v) is 6.50. The molecule has 118 valence electrons. The monoisotopic (exact) mass is 360 g/mol. The van der Waals surface area contributed by atoms with Crippen molar-refractivity contribution in [2.45, 2.75) is 38.6 Å². The maximum atomic E-state index is 14.3. The molecule has 1 aromatic carbocycles. The van der Waals surface area contributed by atoms with Gasteiger partial charge in [-0.15, -0.1) is 0 Å². The number of benzene rings is 1. The Hall–Kier alpha value is -0.520. The van der Waals surface area contributed by atoms with E-state index in [0.717, 1.165) is 51.9 Å². The van der Waals surface area contributed by atoms with Crippen LogP contribution in [-0.2, 0) is 0 Å². The summed E-state index contributed by atoms with van der Waals surface area (Å²) in [6.07, 6.45) is 4.02. The van der Waals surface area contributed by atoms with Crippen molar-refractivity contribution in [3.63, 3.8) is 0 Å². The highest BCUT2D eigenvalue weighted by Gasteiger charge is 2.27. The van der Waals surface area contributed by atoms with Gasteiger partial charge < -0.3 is 5.32 Å². The standard InChI is InChI=1S/C16H23BrF2N2/c1-2-3-4-5-15(21-8-6-20-7-9-21)16-13(18)10-12(17)11-14(16)19/h10-11,15,20H,2-9H2,1H3/t15-/m0/s1. The molecule has 1 fully saturated rings. The third-order valence-corrected chi connectivity index (χ3v) is 4.51. The van der Waals surface area contributed by atoms with Crippen LogP contribution in [0.25, 0.3) is 0 Å². The highest BCUT2D eigenvalue weighted by atomic mass is 79.9. The minimum Gasteiger partial charge on any atom is -0.314 e. The summed E-state index contributed by atoms with van der Waals surface area (Å²) in [5.41, 5.74) is 0.233. The summed E-state index contributed by atoms with van der Waals surface area (Å²) in [6, 6.07) is 2.58. The first kappa shape index (κ1) is 16.8. The largest absolute Gasteiger partial charge is 0.314 e. The van der Waals surface area contributed by atoms with Crippen LogP contribution in [-0.4, -0.2) is 31.1 Å². The summed E-state index contributed by atoms with van der Waals surface area (Å²) >= 11 is 3.15. The topological polar surface area (TPSA) is 15.3 Å². The lowest BCUT2D eigenvalue weighted by Gasteiger charge is -2.35. The average Bonchev–Trinajstić information content (AvgIpc) is 2.45. The van der Waals surface area contributed by atoms with Gasteiger partial charge in [-0.3, -0.25) is 4.90 Å². The first-order valence-electron chi connectivity index (χ1n) is 7.72. The van der Waals surface area contributed by atoms with E-state index in [1.807, 2.05) is 0 Å². The van der Waals surface area contributed by atoms with Gasteiger partial charge in [0.25, 0.3) is 0 Å². The zero-order valence-corrected chi connectivity index (χ0v) is 14.1.